The van der Waals surface area contributed by atoms with Gasteiger partial charge in [0.2, 0.25) is 0 Å². The standard InChI is InChI=1S/C64H133N3O3/c1-10-14-18-22-26-30-34-39-45-57(5)61(9)53-67(56-64(70)60(8)48-42-37-33-29-25-21-17-13-4)52-50-65-49-43-38-44-51-66(54-62(68)58(6)46-40-35-31-27-23-19-15-11-2)55-63(69)59(7)47-41-36-32-28-24-20-16-12-3/h57-65,68-70H,10-56H2,1-9H3. The number of aliphatic hydroxyl groups excluding tert-OH is 3. The third-order valence-corrected chi connectivity index (χ3v) is 16.8. The number of nitrogens with one attached hydrogen (secondary N) is 1. The van der Waals surface area contributed by atoms with Gasteiger partial charge in [0.15, 0.2) is 0 Å². The smallest absolute Gasteiger partial charge is 0.0692 e. The highest BCUT2D eigenvalue weighted by atomic mass is 16.3. The molecule has 0 rings (SSSR count). The van der Waals surface area contributed by atoms with Crippen LogP contribution < -0.4 is 5.32 Å². The van der Waals surface area contributed by atoms with Crippen LogP contribution in [0.3, 0.4) is 0 Å². The SMILES string of the molecule is CCCCCCCCCCC(C)C(C)CN(CCNCCCCCN(CC(O)C(C)CCCCCCCCCC)CC(O)C(C)CCCCCCCCCC)CC(O)C(C)CCCCCCCCCC. The molecule has 0 spiro atoms. The molecule has 0 aromatic heterocycles. The van der Waals surface area contributed by atoms with Crippen LogP contribution in [0.15, 0.2) is 0 Å². The van der Waals surface area contributed by atoms with Gasteiger partial charge in [0.05, 0.1) is 18.3 Å². The molecule has 0 aliphatic heterocycles. The minimum absolute atomic E-state index is 0.263. The summed E-state index contributed by atoms with van der Waals surface area (Å²) in [6.07, 6.45) is 50.2. The van der Waals surface area contributed by atoms with Crippen molar-refractivity contribution >= 4 is 0 Å². The van der Waals surface area contributed by atoms with Crippen molar-refractivity contribution < 1.29 is 15.3 Å². The fraction of sp³-hybridized carbons (Fsp3) is 1.00. The minimum atomic E-state index is -0.341. The Kier molecular flexibility index (Phi) is 52.0. The molecule has 4 N–H and O–H groups in total. The average molecular weight is 993 g/mol. The summed E-state index contributed by atoms with van der Waals surface area (Å²) in [5, 5.41) is 38.2. The molecule has 8 atom stereocenters. The van der Waals surface area contributed by atoms with Crippen molar-refractivity contribution in [2.75, 3.05) is 52.4 Å². The van der Waals surface area contributed by atoms with Crippen LogP contribution >= 0.6 is 0 Å². The Bertz CT molecular complexity index is 870. The molecule has 0 radical (unpaired) electrons. The lowest BCUT2D eigenvalue weighted by Crippen LogP contribution is -2.42. The second-order valence-electron chi connectivity index (χ2n) is 24.0. The number of hydrogen-bond acceptors (Lipinski definition) is 6. The zero-order chi connectivity index (χ0) is 51.7. The van der Waals surface area contributed by atoms with Gasteiger partial charge < -0.3 is 20.6 Å². The molecule has 0 aliphatic carbocycles. The van der Waals surface area contributed by atoms with E-state index in [0.717, 1.165) is 77.8 Å². The topological polar surface area (TPSA) is 79.2 Å². The van der Waals surface area contributed by atoms with Crippen molar-refractivity contribution in [3.63, 3.8) is 0 Å². The molecular formula is C64H133N3O3. The fourth-order valence-electron chi connectivity index (χ4n) is 10.8. The van der Waals surface area contributed by atoms with Gasteiger partial charge in [0.1, 0.15) is 0 Å². The van der Waals surface area contributed by atoms with Crippen LogP contribution in [0.4, 0.5) is 0 Å². The molecule has 70 heavy (non-hydrogen) atoms. The largest absolute Gasteiger partial charge is 0.392 e. The first-order valence-electron chi connectivity index (χ1n) is 32.2. The predicted molar refractivity (Wildman–Crippen MR) is 312 cm³/mol. The first-order chi connectivity index (χ1) is 34.0. The Hall–Kier alpha value is -0.240. The molecule has 0 bridgehead atoms. The molecule has 0 aliphatic rings. The second kappa shape index (κ2) is 52.2. The number of hydrogen-bond donors (Lipinski definition) is 4. The van der Waals surface area contributed by atoms with Crippen LogP contribution in [0, 0.1) is 29.6 Å². The summed E-state index contributed by atoms with van der Waals surface area (Å²) in [4.78, 5) is 5.00. The summed E-state index contributed by atoms with van der Waals surface area (Å²) in [5.41, 5.74) is 0. The zero-order valence-corrected chi connectivity index (χ0v) is 49.6. The maximum atomic E-state index is 11.5. The molecule has 0 saturated heterocycles. The Balaban J connectivity index is 5.17. The number of aliphatic hydroxyl groups is 3. The highest BCUT2D eigenvalue weighted by Crippen LogP contribution is 2.24. The van der Waals surface area contributed by atoms with E-state index in [1.165, 1.54) is 212 Å². The third kappa shape index (κ3) is 44.1. The van der Waals surface area contributed by atoms with Gasteiger partial charge in [-0.15, -0.1) is 0 Å². The van der Waals surface area contributed by atoms with E-state index in [1.807, 2.05) is 0 Å². The number of rotatable bonds is 57. The summed E-state index contributed by atoms with van der Waals surface area (Å²) in [5.74, 6) is 2.26. The van der Waals surface area contributed by atoms with Crippen LogP contribution in [0.25, 0.3) is 0 Å². The van der Waals surface area contributed by atoms with Gasteiger partial charge in [-0.05, 0) is 74.8 Å². The third-order valence-electron chi connectivity index (χ3n) is 16.8. The molecule has 0 saturated carbocycles. The van der Waals surface area contributed by atoms with E-state index in [4.69, 9.17) is 0 Å². The molecule has 6 nitrogen and oxygen atoms in total. The van der Waals surface area contributed by atoms with Crippen molar-refractivity contribution in [3.05, 3.63) is 0 Å². The van der Waals surface area contributed by atoms with Gasteiger partial charge >= 0.3 is 0 Å². The van der Waals surface area contributed by atoms with Gasteiger partial charge in [0, 0.05) is 39.3 Å². The summed E-state index contributed by atoms with van der Waals surface area (Å²) < 4.78 is 0. The van der Waals surface area contributed by atoms with Gasteiger partial charge in [-0.2, -0.15) is 0 Å². The fourth-order valence-corrected chi connectivity index (χ4v) is 10.8. The normalized spacial score (nSPS) is 15.7. The maximum absolute atomic E-state index is 11.5. The van der Waals surface area contributed by atoms with Crippen molar-refractivity contribution in [2.24, 2.45) is 29.6 Å². The van der Waals surface area contributed by atoms with E-state index >= 15 is 0 Å². The predicted octanol–water partition coefficient (Wildman–Crippen LogP) is 17.7. The summed E-state index contributed by atoms with van der Waals surface area (Å²) >= 11 is 0. The van der Waals surface area contributed by atoms with E-state index in [0.29, 0.717) is 42.7 Å². The Morgan fingerprint density at radius 2 is 0.543 bits per heavy atom. The van der Waals surface area contributed by atoms with E-state index in [9.17, 15) is 15.3 Å². The van der Waals surface area contributed by atoms with Crippen molar-refractivity contribution in [3.8, 4) is 0 Å². The highest BCUT2D eigenvalue weighted by Gasteiger charge is 2.24. The lowest BCUT2D eigenvalue weighted by atomic mass is 9.89. The maximum Gasteiger partial charge on any atom is 0.0692 e. The van der Waals surface area contributed by atoms with Crippen LogP contribution in [0.1, 0.15) is 313 Å². The quantitative estimate of drug-likeness (QED) is 0.0455. The Morgan fingerprint density at radius 3 is 0.871 bits per heavy atom. The molecule has 0 amide bonds. The van der Waals surface area contributed by atoms with Crippen LogP contribution in [-0.4, -0.2) is 95.8 Å². The molecule has 0 fully saturated rings. The zero-order valence-electron chi connectivity index (χ0n) is 49.6. The molecule has 8 unspecified atom stereocenters. The first-order valence-corrected chi connectivity index (χ1v) is 32.2. The van der Waals surface area contributed by atoms with Crippen molar-refractivity contribution in [1.29, 1.82) is 0 Å². The van der Waals surface area contributed by atoms with Crippen LogP contribution in [0.5, 0.6) is 0 Å². The minimum Gasteiger partial charge on any atom is -0.392 e. The van der Waals surface area contributed by atoms with Crippen molar-refractivity contribution in [1.82, 2.24) is 15.1 Å². The monoisotopic (exact) mass is 992 g/mol. The number of nitrogens with zero attached hydrogens (tertiary/aromatic N) is 2. The summed E-state index contributed by atoms with van der Waals surface area (Å²) in [6.45, 7) is 28.0. The first kappa shape index (κ1) is 69.8. The molecule has 0 aromatic rings. The van der Waals surface area contributed by atoms with Gasteiger partial charge in [-0.1, -0.05) is 281 Å². The Morgan fingerprint density at radius 1 is 0.271 bits per heavy atom. The highest BCUT2D eigenvalue weighted by molar-refractivity contribution is 4.77. The van der Waals surface area contributed by atoms with Gasteiger partial charge in [-0.25, -0.2) is 0 Å². The lowest BCUT2D eigenvalue weighted by Gasteiger charge is -2.32. The molecule has 0 aromatic carbocycles. The second-order valence-corrected chi connectivity index (χ2v) is 24.0. The lowest BCUT2D eigenvalue weighted by molar-refractivity contribution is 0.0248. The van der Waals surface area contributed by atoms with E-state index in [2.05, 4.69) is 77.4 Å². The van der Waals surface area contributed by atoms with Crippen LogP contribution in [-0.2, 0) is 0 Å². The van der Waals surface area contributed by atoms with Crippen molar-refractivity contribution in [2.45, 2.75) is 331 Å². The van der Waals surface area contributed by atoms with E-state index in [-0.39, 0.29) is 18.3 Å². The molecule has 0 heterocycles. The summed E-state index contributed by atoms with van der Waals surface area (Å²) in [7, 11) is 0. The Labute approximate surface area is 441 Å². The van der Waals surface area contributed by atoms with Gasteiger partial charge in [-0.3, -0.25) is 9.80 Å². The summed E-state index contributed by atoms with van der Waals surface area (Å²) in [6, 6.07) is 0. The molecule has 6 heteroatoms. The number of unbranched alkanes of at least 4 members (excludes halogenated alkanes) is 30. The van der Waals surface area contributed by atoms with E-state index in [1.54, 1.807) is 0 Å². The molecular weight excluding hydrogens is 859 g/mol. The van der Waals surface area contributed by atoms with E-state index < -0.39 is 0 Å². The van der Waals surface area contributed by atoms with Crippen LogP contribution in [0.2, 0.25) is 0 Å². The van der Waals surface area contributed by atoms with Gasteiger partial charge in [0.25, 0.3) is 0 Å². The average Bonchev–Trinajstić information content (AvgIpc) is 3.34. The molecule has 422 valence electrons.